The number of nitrogens with zero attached hydrogens (tertiary/aromatic N) is 4. The number of hydrogen-bond acceptors (Lipinski definition) is 0. The lowest BCUT2D eigenvalue weighted by Crippen LogP contribution is -1.93. The minimum atomic E-state index is 1.16. The molecule has 19 aromatic rings. The summed E-state index contributed by atoms with van der Waals surface area (Å²) < 4.78 is 9.53. The number of benzene rings is 15. The Labute approximate surface area is 544 Å². The first-order chi connectivity index (χ1) is 46.6. The van der Waals surface area contributed by atoms with E-state index in [0.717, 1.165) is 5.69 Å². The van der Waals surface area contributed by atoms with Crippen LogP contribution in [0.1, 0.15) is 0 Å². The molecule has 4 nitrogen and oxygen atoms in total. The van der Waals surface area contributed by atoms with Crippen molar-refractivity contribution in [2.24, 2.45) is 0 Å². The maximum absolute atomic E-state index is 2.40. The summed E-state index contributed by atoms with van der Waals surface area (Å²) >= 11 is 0. The van der Waals surface area contributed by atoms with Gasteiger partial charge in [-0.3, -0.25) is 0 Å². The van der Waals surface area contributed by atoms with E-state index in [1.807, 2.05) is 0 Å². The van der Waals surface area contributed by atoms with Crippen LogP contribution in [0.5, 0.6) is 0 Å². The SMILES string of the molecule is c1ccc(-c2ccc(-c3ccc4c(c3)c3cc(-c5ccc6c(c5)c5ccccc5n6-c5ccccc5)ccc3n4-c3ccccc3)cc2)cc1.c1ccc(-c2ccc(-n3c4ccccc4c4cc(-c5ccc6c(c5)c5ccccc5n6-c5ccccc5)ccc43)cc2)cc1. The lowest BCUT2D eigenvalue weighted by atomic mass is 9.98. The van der Waals surface area contributed by atoms with Gasteiger partial charge in [-0.25, -0.2) is 0 Å². The molecule has 0 aliphatic heterocycles. The summed E-state index contributed by atoms with van der Waals surface area (Å²) in [6.45, 7) is 0. The Hall–Kier alpha value is -12.5. The fourth-order valence-corrected chi connectivity index (χ4v) is 14.6. The summed E-state index contributed by atoms with van der Waals surface area (Å²) in [4.78, 5) is 0. The van der Waals surface area contributed by atoms with Gasteiger partial charge in [0.05, 0.1) is 44.1 Å². The molecule has 0 unspecified atom stereocenters. The molecule has 0 saturated carbocycles. The minimum Gasteiger partial charge on any atom is -0.309 e. The van der Waals surface area contributed by atoms with Crippen molar-refractivity contribution in [2.45, 2.75) is 0 Å². The largest absolute Gasteiger partial charge is 0.309 e. The monoisotopic (exact) mass is 1200 g/mol. The van der Waals surface area contributed by atoms with Crippen molar-refractivity contribution in [2.75, 3.05) is 0 Å². The fourth-order valence-electron chi connectivity index (χ4n) is 14.6. The van der Waals surface area contributed by atoms with Crippen LogP contribution in [-0.2, 0) is 0 Å². The van der Waals surface area contributed by atoms with E-state index in [9.17, 15) is 0 Å². The van der Waals surface area contributed by atoms with Crippen molar-refractivity contribution in [1.29, 1.82) is 0 Å². The topological polar surface area (TPSA) is 19.7 Å². The summed E-state index contributed by atoms with van der Waals surface area (Å²) in [5, 5.41) is 10.1. The van der Waals surface area contributed by atoms with Gasteiger partial charge in [-0.05, 0) is 183 Å². The molecule has 0 radical (unpaired) electrons. The van der Waals surface area contributed by atoms with Crippen LogP contribution in [0.15, 0.2) is 364 Å². The zero-order valence-corrected chi connectivity index (χ0v) is 51.4. The van der Waals surface area contributed by atoms with E-state index < -0.39 is 0 Å². The normalized spacial score (nSPS) is 11.6. The van der Waals surface area contributed by atoms with Crippen LogP contribution in [0.2, 0.25) is 0 Å². The Morgan fingerprint density at radius 3 is 0.596 bits per heavy atom. The van der Waals surface area contributed by atoms with Crippen LogP contribution < -0.4 is 0 Å². The van der Waals surface area contributed by atoms with Gasteiger partial charge in [0.25, 0.3) is 0 Å². The molecule has 15 aromatic carbocycles. The van der Waals surface area contributed by atoms with E-state index in [4.69, 9.17) is 0 Å². The van der Waals surface area contributed by atoms with E-state index in [2.05, 4.69) is 382 Å². The smallest absolute Gasteiger partial charge is 0.0541 e. The highest BCUT2D eigenvalue weighted by atomic mass is 15.0. The molecule has 0 atom stereocenters. The van der Waals surface area contributed by atoms with Gasteiger partial charge in [-0.15, -0.1) is 0 Å². The molecule has 4 heterocycles. The van der Waals surface area contributed by atoms with Gasteiger partial charge in [0, 0.05) is 65.8 Å². The van der Waals surface area contributed by atoms with Gasteiger partial charge < -0.3 is 18.3 Å². The van der Waals surface area contributed by atoms with E-state index in [-0.39, 0.29) is 0 Å². The number of aromatic nitrogens is 4. The van der Waals surface area contributed by atoms with Crippen LogP contribution in [0, 0.1) is 0 Å². The van der Waals surface area contributed by atoms with Crippen molar-refractivity contribution in [3.8, 4) is 78.4 Å². The van der Waals surface area contributed by atoms with E-state index in [1.54, 1.807) is 0 Å². The van der Waals surface area contributed by atoms with Crippen molar-refractivity contribution >= 4 is 87.2 Å². The summed E-state index contributed by atoms with van der Waals surface area (Å²) in [6.07, 6.45) is 0. The Kier molecular flexibility index (Phi) is 13.2. The van der Waals surface area contributed by atoms with Crippen molar-refractivity contribution in [3.05, 3.63) is 364 Å². The Balaban J connectivity index is 0.000000139. The molecule has 0 N–H and O–H groups in total. The van der Waals surface area contributed by atoms with E-state index in [1.165, 1.54) is 160 Å². The Bertz CT molecular complexity index is 6040. The zero-order chi connectivity index (χ0) is 62.1. The highest BCUT2D eigenvalue weighted by molar-refractivity contribution is 6.15. The first-order valence-electron chi connectivity index (χ1n) is 32.3. The van der Waals surface area contributed by atoms with Gasteiger partial charge in [-0.1, -0.05) is 237 Å². The molecule has 0 aliphatic carbocycles. The Morgan fingerprint density at radius 1 is 0.117 bits per heavy atom. The minimum absolute atomic E-state index is 1.16. The fraction of sp³-hybridized carbons (Fsp3) is 0. The molecule has 0 amide bonds. The second-order valence-corrected chi connectivity index (χ2v) is 24.4. The number of hydrogen-bond donors (Lipinski definition) is 0. The first kappa shape index (κ1) is 54.4. The van der Waals surface area contributed by atoms with Gasteiger partial charge in [0.1, 0.15) is 0 Å². The average Bonchev–Trinajstić information content (AvgIpc) is 1.61. The molecule has 0 bridgehead atoms. The van der Waals surface area contributed by atoms with E-state index >= 15 is 0 Å². The standard InChI is InChI=1S/C48H32N2.C42H28N2/c1-4-12-33(13-5-1)34-20-22-35(23-21-34)36-24-27-47-43(30-36)44-32-38(26-29-48(44)50(47)40-16-8-3-9-17-40)37-25-28-46-42(31-37)41-18-10-11-19-45(41)49(46)39-14-6-2-7-15-39;1-3-11-29(12-4-1)30-19-23-34(24-20-30)44-40-18-10-8-16-36(40)38-28-32(22-26-42(38)44)31-21-25-41-37(27-31)35-15-7-9-17-39(35)43(41)33-13-5-2-6-14-33/h1-32H;1-28H. The first-order valence-corrected chi connectivity index (χ1v) is 32.3. The molecular formula is C90H60N4. The molecule has 440 valence electrons. The van der Waals surface area contributed by atoms with Crippen LogP contribution in [0.4, 0.5) is 0 Å². The average molecular weight is 1200 g/mol. The third-order valence-corrected chi connectivity index (χ3v) is 19.1. The maximum Gasteiger partial charge on any atom is 0.0541 e. The Morgan fingerprint density at radius 2 is 0.298 bits per heavy atom. The molecule has 94 heavy (non-hydrogen) atoms. The summed E-state index contributed by atoms with van der Waals surface area (Å²) in [6, 6.07) is 132. The second-order valence-electron chi connectivity index (χ2n) is 24.4. The van der Waals surface area contributed by atoms with Crippen molar-refractivity contribution in [3.63, 3.8) is 0 Å². The summed E-state index contributed by atoms with van der Waals surface area (Å²) in [5.74, 6) is 0. The predicted molar refractivity (Wildman–Crippen MR) is 397 cm³/mol. The molecule has 0 aliphatic rings. The molecule has 0 spiro atoms. The van der Waals surface area contributed by atoms with Gasteiger partial charge in [0.2, 0.25) is 0 Å². The van der Waals surface area contributed by atoms with Gasteiger partial charge in [0.15, 0.2) is 0 Å². The quantitative estimate of drug-likeness (QED) is 0.137. The molecule has 4 heteroatoms. The highest BCUT2D eigenvalue weighted by Crippen LogP contribution is 2.42. The summed E-state index contributed by atoms with van der Waals surface area (Å²) in [7, 11) is 0. The lowest BCUT2D eigenvalue weighted by Gasteiger charge is -2.10. The number of fused-ring (bicyclic) bond motifs is 12. The van der Waals surface area contributed by atoms with Crippen LogP contribution in [-0.4, -0.2) is 18.3 Å². The van der Waals surface area contributed by atoms with Crippen LogP contribution >= 0.6 is 0 Å². The molecule has 4 aromatic heterocycles. The van der Waals surface area contributed by atoms with Crippen molar-refractivity contribution in [1.82, 2.24) is 18.3 Å². The molecular weight excluding hydrogens is 1140 g/mol. The van der Waals surface area contributed by atoms with Crippen LogP contribution in [0.25, 0.3) is 166 Å². The molecule has 19 rings (SSSR count). The third kappa shape index (κ3) is 9.30. The second kappa shape index (κ2) is 22.8. The molecule has 0 saturated heterocycles. The maximum atomic E-state index is 2.40. The zero-order valence-electron chi connectivity index (χ0n) is 51.4. The van der Waals surface area contributed by atoms with Crippen LogP contribution in [0.3, 0.4) is 0 Å². The number of para-hydroxylation sites is 6. The molecule has 0 fully saturated rings. The van der Waals surface area contributed by atoms with E-state index in [0.29, 0.717) is 0 Å². The highest BCUT2D eigenvalue weighted by Gasteiger charge is 2.20. The van der Waals surface area contributed by atoms with Gasteiger partial charge in [-0.2, -0.15) is 0 Å². The number of rotatable bonds is 9. The lowest BCUT2D eigenvalue weighted by molar-refractivity contribution is 1.18. The summed E-state index contributed by atoms with van der Waals surface area (Å²) in [5.41, 5.74) is 26.6. The third-order valence-electron chi connectivity index (χ3n) is 19.1. The van der Waals surface area contributed by atoms with Gasteiger partial charge >= 0.3 is 0 Å². The predicted octanol–water partition coefficient (Wildman–Crippen LogP) is 24.1. The van der Waals surface area contributed by atoms with Crippen molar-refractivity contribution < 1.29 is 0 Å².